The van der Waals surface area contributed by atoms with E-state index in [0.29, 0.717) is 30.6 Å². The molecule has 1 aliphatic carbocycles. The van der Waals surface area contributed by atoms with Crippen LogP contribution in [0.1, 0.15) is 19.3 Å². The fourth-order valence-electron chi connectivity index (χ4n) is 4.09. The summed E-state index contributed by atoms with van der Waals surface area (Å²) in [4.78, 5) is 16.8. The highest BCUT2D eigenvalue weighted by Crippen LogP contribution is 2.43. The van der Waals surface area contributed by atoms with Crippen molar-refractivity contribution >= 4 is 44.7 Å². The molecule has 3 heterocycles. The lowest BCUT2D eigenvalue weighted by Gasteiger charge is -2.24. The normalized spacial score (nSPS) is 16.8. The minimum atomic E-state index is 0.401. The maximum atomic E-state index is 6.13. The summed E-state index contributed by atoms with van der Waals surface area (Å²) in [6.07, 6.45) is 5.17. The summed E-state index contributed by atoms with van der Waals surface area (Å²) in [7, 11) is 4.33. The highest BCUT2D eigenvalue weighted by atomic mass is 79.9. The molecule has 1 unspecified atom stereocenters. The first kappa shape index (κ1) is 20.8. The van der Waals surface area contributed by atoms with Crippen LogP contribution in [0.25, 0.3) is 11.2 Å². The lowest BCUT2D eigenvalue weighted by Crippen LogP contribution is -2.31. The minimum absolute atomic E-state index is 0.401. The Morgan fingerprint density at radius 1 is 1.23 bits per heavy atom. The zero-order valence-electron chi connectivity index (χ0n) is 17.5. The molecule has 1 aliphatic heterocycles. The molecule has 164 valence electrons. The van der Waals surface area contributed by atoms with Gasteiger partial charge in [0, 0.05) is 22.0 Å². The Hall–Kier alpha value is -2.04. The van der Waals surface area contributed by atoms with E-state index in [1.54, 1.807) is 11.8 Å². The number of rotatable bonds is 7. The van der Waals surface area contributed by atoms with Gasteiger partial charge in [-0.3, -0.25) is 0 Å². The average molecular weight is 505 g/mol. The third-order valence-corrected chi connectivity index (χ3v) is 7.77. The fraction of sp³-hybridized carbons (Fsp3) is 0.476. The molecule has 5 rings (SSSR count). The van der Waals surface area contributed by atoms with Crippen molar-refractivity contribution in [3.8, 4) is 11.5 Å². The van der Waals surface area contributed by atoms with E-state index in [1.165, 1.54) is 19.2 Å². The molecule has 8 nitrogen and oxygen atoms in total. The van der Waals surface area contributed by atoms with E-state index in [2.05, 4.69) is 49.5 Å². The molecule has 1 aromatic carbocycles. The van der Waals surface area contributed by atoms with Crippen molar-refractivity contribution in [2.75, 3.05) is 33.0 Å². The summed E-state index contributed by atoms with van der Waals surface area (Å²) in [6.45, 7) is 1.93. The van der Waals surface area contributed by atoms with Gasteiger partial charge in [0.15, 0.2) is 33.6 Å². The van der Waals surface area contributed by atoms with Crippen LogP contribution in [0.4, 0.5) is 5.82 Å². The predicted octanol–water partition coefficient (Wildman–Crippen LogP) is 3.82. The molecule has 0 spiro atoms. The van der Waals surface area contributed by atoms with E-state index >= 15 is 0 Å². The van der Waals surface area contributed by atoms with Gasteiger partial charge >= 0.3 is 0 Å². The molecule has 0 saturated heterocycles. The third-order valence-electron chi connectivity index (χ3n) is 5.80. The number of halogens is 1. The average Bonchev–Trinajstić information content (AvgIpc) is 3.51. The Morgan fingerprint density at radius 3 is 2.68 bits per heavy atom. The number of imidazole rings is 1. The van der Waals surface area contributed by atoms with Crippen LogP contribution in [0.5, 0.6) is 11.5 Å². The standard InChI is InChI=1S/C21H25BrN6O2S/c1-27(2)14(12-3-4-12)5-6-28-20-18(19(23)24-11-25-20)26-21(28)31-17-10-16-15(9-13(17)22)29-7-8-30-16/h9-12,14H,3-8H2,1-2H3,(H2,23,24,25). The highest BCUT2D eigenvalue weighted by molar-refractivity contribution is 9.10. The smallest absolute Gasteiger partial charge is 0.175 e. The number of nitrogen functional groups attached to an aromatic ring is 1. The Bertz CT molecular complexity index is 1110. The number of hydrogen-bond donors (Lipinski definition) is 1. The zero-order valence-corrected chi connectivity index (χ0v) is 19.9. The minimum Gasteiger partial charge on any atom is -0.486 e. The maximum absolute atomic E-state index is 6.13. The summed E-state index contributed by atoms with van der Waals surface area (Å²) in [6, 6.07) is 4.50. The van der Waals surface area contributed by atoms with Crippen LogP contribution < -0.4 is 15.2 Å². The van der Waals surface area contributed by atoms with Gasteiger partial charge in [-0.25, -0.2) is 15.0 Å². The second kappa shape index (κ2) is 8.48. The van der Waals surface area contributed by atoms with Gasteiger partial charge in [0.2, 0.25) is 0 Å². The number of aryl methyl sites for hydroxylation is 1. The van der Waals surface area contributed by atoms with E-state index < -0.39 is 0 Å². The molecule has 2 aromatic heterocycles. The van der Waals surface area contributed by atoms with Gasteiger partial charge in [-0.05, 0) is 67.3 Å². The van der Waals surface area contributed by atoms with Crippen molar-refractivity contribution in [2.24, 2.45) is 5.92 Å². The van der Waals surface area contributed by atoms with Gasteiger partial charge in [0.1, 0.15) is 19.5 Å². The second-order valence-electron chi connectivity index (χ2n) is 8.16. The Kier molecular flexibility index (Phi) is 5.70. The Labute approximate surface area is 193 Å². The monoisotopic (exact) mass is 504 g/mol. The fourth-order valence-corrected chi connectivity index (χ4v) is 5.60. The van der Waals surface area contributed by atoms with Crippen molar-refractivity contribution < 1.29 is 9.47 Å². The lowest BCUT2D eigenvalue weighted by molar-refractivity contribution is 0.171. The van der Waals surface area contributed by atoms with Gasteiger partial charge in [-0.1, -0.05) is 11.8 Å². The molecule has 0 radical (unpaired) electrons. The number of nitrogens with two attached hydrogens (primary N) is 1. The maximum Gasteiger partial charge on any atom is 0.175 e. The van der Waals surface area contributed by atoms with E-state index in [1.807, 2.05) is 12.1 Å². The summed E-state index contributed by atoms with van der Waals surface area (Å²) < 4.78 is 14.6. The van der Waals surface area contributed by atoms with Crippen molar-refractivity contribution in [1.82, 2.24) is 24.4 Å². The first-order valence-electron chi connectivity index (χ1n) is 10.4. The van der Waals surface area contributed by atoms with Crippen LogP contribution in [0.3, 0.4) is 0 Å². The van der Waals surface area contributed by atoms with E-state index in [0.717, 1.165) is 50.6 Å². The number of ether oxygens (including phenoxy) is 2. The molecule has 1 saturated carbocycles. The second-order valence-corrected chi connectivity index (χ2v) is 10.0. The largest absolute Gasteiger partial charge is 0.486 e. The summed E-state index contributed by atoms with van der Waals surface area (Å²) >= 11 is 5.24. The molecule has 0 bridgehead atoms. The van der Waals surface area contributed by atoms with Crippen LogP contribution in [0, 0.1) is 5.92 Å². The van der Waals surface area contributed by atoms with E-state index in [4.69, 9.17) is 20.2 Å². The molecule has 1 atom stereocenters. The van der Waals surface area contributed by atoms with Crippen molar-refractivity contribution in [2.45, 2.75) is 41.9 Å². The topological polar surface area (TPSA) is 91.3 Å². The van der Waals surface area contributed by atoms with Crippen molar-refractivity contribution in [1.29, 1.82) is 0 Å². The van der Waals surface area contributed by atoms with Gasteiger partial charge in [-0.2, -0.15) is 0 Å². The molecular weight excluding hydrogens is 480 g/mol. The van der Waals surface area contributed by atoms with Crippen LogP contribution >= 0.6 is 27.7 Å². The molecular formula is C21H25BrN6O2S. The first-order valence-corrected chi connectivity index (χ1v) is 12.0. The first-order chi connectivity index (χ1) is 15.0. The number of fused-ring (bicyclic) bond motifs is 2. The molecule has 1 fully saturated rings. The number of nitrogens with zero attached hydrogens (tertiary/aromatic N) is 5. The summed E-state index contributed by atoms with van der Waals surface area (Å²) in [5, 5.41) is 0.841. The van der Waals surface area contributed by atoms with Gasteiger partial charge in [-0.15, -0.1) is 0 Å². The molecule has 31 heavy (non-hydrogen) atoms. The molecule has 2 N–H and O–H groups in total. The molecule has 0 amide bonds. The van der Waals surface area contributed by atoms with Crippen LogP contribution in [0.15, 0.2) is 33.0 Å². The van der Waals surface area contributed by atoms with E-state index in [9.17, 15) is 0 Å². The zero-order chi connectivity index (χ0) is 21.5. The highest BCUT2D eigenvalue weighted by Gasteiger charge is 2.32. The summed E-state index contributed by atoms with van der Waals surface area (Å²) in [5.74, 6) is 2.69. The quantitative estimate of drug-likeness (QED) is 0.518. The Balaban J connectivity index is 1.49. The third kappa shape index (κ3) is 4.20. The molecule has 2 aliphatic rings. The van der Waals surface area contributed by atoms with Crippen molar-refractivity contribution in [3.05, 3.63) is 22.9 Å². The molecule has 3 aromatic rings. The van der Waals surface area contributed by atoms with Crippen LogP contribution in [-0.4, -0.2) is 57.8 Å². The van der Waals surface area contributed by atoms with Gasteiger partial charge in [0.05, 0.1) is 0 Å². The number of anilines is 1. The Morgan fingerprint density at radius 2 is 1.97 bits per heavy atom. The number of aromatic nitrogens is 4. The van der Waals surface area contributed by atoms with Crippen LogP contribution in [0.2, 0.25) is 0 Å². The molecule has 10 heteroatoms. The summed E-state index contributed by atoms with van der Waals surface area (Å²) in [5.41, 5.74) is 7.54. The predicted molar refractivity (Wildman–Crippen MR) is 124 cm³/mol. The van der Waals surface area contributed by atoms with Gasteiger partial charge < -0.3 is 24.7 Å². The SMILES string of the molecule is CN(C)C(CCn1c(Sc2cc3c(cc2Br)OCCO3)nc2c(N)ncnc21)C1CC1. The van der Waals surface area contributed by atoms with Gasteiger partial charge in [0.25, 0.3) is 0 Å². The number of benzene rings is 1. The van der Waals surface area contributed by atoms with E-state index in [-0.39, 0.29) is 0 Å². The lowest BCUT2D eigenvalue weighted by atomic mass is 10.1. The van der Waals surface area contributed by atoms with Crippen LogP contribution in [-0.2, 0) is 6.54 Å². The van der Waals surface area contributed by atoms with Crippen molar-refractivity contribution in [3.63, 3.8) is 0 Å². The number of hydrogen-bond acceptors (Lipinski definition) is 8.